The van der Waals surface area contributed by atoms with Crippen LogP contribution in [0.2, 0.25) is 0 Å². The molecule has 1 atom stereocenters. The van der Waals surface area contributed by atoms with Gasteiger partial charge in [-0.25, -0.2) is 14.6 Å². The number of allylic oxidation sites excluding steroid dienone is 2. The number of methoxy groups -OCH3 is 1. The minimum atomic E-state index is -0.912. The summed E-state index contributed by atoms with van der Waals surface area (Å²) in [5.41, 5.74) is 3.58. The maximum atomic E-state index is 13.3. The molecule has 2 heterocycles. The van der Waals surface area contributed by atoms with Crippen LogP contribution in [0.4, 0.5) is 5.69 Å². The maximum absolute atomic E-state index is 13.3. The lowest BCUT2D eigenvalue weighted by Crippen LogP contribution is -2.32. The average molecular weight is 544 g/mol. The van der Waals surface area contributed by atoms with E-state index < -0.39 is 22.8 Å². The Kier molecular flexibility index (Phi) is 8.85. The van der Waals surface area contributed by atoms with Crippen LogP contribution < -0.4 is 5.32 Å². The smallest absolute Gasteiger partial charge is 0.336 e. The Bertz CT molecular complexity index is 1490. The summed E-state index contributed by atoms with van der Waals surface area (Å²) < 4.78 is 12.5. The molecule has 0 saturated carbocycles. The first-order valence-electron chi connectivity index (χ1n) is 12.5. The van der Waals surface area contributed by atoms with E-state index in [9.17, 15) is 19.7 Å². The summed E-state index contributed by atoms with van der Waals surface area (Å²) in [5.74, 6) is -2.22. The van der Waals surface area contributed by atoms with Crippen molar-refractivity contribution in [1.29, 1.82) is 0 Å². The van der Waals surface area contributed by atoms with Crippen molar-refractivity contribution in [3.05, 3.63) is 117 Å². The molecule has 3 aromatic rings. The van der Waals surface area contributed by atoms with Crippen molar-refractivity contribution in [2.24, 2.45) is 4.99 Å². The van der Waals surface area contributed by atoms with Gasteiger partial charge in [0.2, 0.25) is 0 Å². The molecule has 0 bridgehead atoms. The fourth-order valence-electron chi connectivity index (χ4n) is 4.54. The second kappa shape index (κ2) is 12.7. The standard InChI is InChI=1S/C29H29N5O6/c1-19-25(28(35)39-3)27(23-5-4-6-24(15-23)34(37)38)26(20(2)32-19)29(36)40-14-12-30-16-21-7-9-22(10-8-21)17-33-13-11-31-18-33/h4-11,13,15-16,18,27,32H,12,14,17H2,1-3H3. The number of aromatic nitrogens is 2. The summed E-state index contributed by atoms with van der Waals surface area (Å²) in [6.07, 6.45) is 7.10. The summed E-state index contributed by atoms with van der Waals surface area (Å²) in [7, 11) is 1.24. The lowest BCUT2D eigenvalue weighted by atomic mass is 9.80. The molecule has 40 heavy (non-hydrogen) atoms. The maximum Gasteiger partial charge on any atom is 0.336 e. The molecule has 1 N–H and O–H groups in total. The molecular weight excluding hydrogens is 514 g/mol. The van der Waals surface area contributed by atoms with Gasteiger partial charge in [-0.1, -0.05) is 36.4 Å². The molecule has 2 aromatic carbocycles. The second-order valence-electron chi connectivity index (χ2n) is 9.13. The van der Waals surface area contributed by atoms with E-state index in [1.165, 1.54) is 25.3 Å². The molecule has 0 radical (unpaired) electrons. The van der Waals surface area contributed by atoms with Gasteiger partial charge in [-0.3, -0.25) is 15.1 Å². The van der Waals surface area contributed by atoms with Crippen molar-refractivity contribution >= 4 is 23.8 Å². The summed E-state index contributed by atoms with van der Waals surface area (Å²) in [6.45, 7) is 4.32. The monoisotopic (exact) mass is 543 g/mol. The van der Waals surface area contributed by atoms with Crippen LogP contribution >= 0.6 is 0 Å². The number of hydrogen-bond donors (Lipinski definition) is 1. The SMILES string of the molecule is COC(=O)C1=C(C)NC(C)=C(C(=O)OCCN=Cc2ccc(Cn3ccnc3)cc2)C1c1cccc([N+](=O)[O-])c1. The zero-order valence-electron chi connectivity index (χ0n) is 22.4. The number of dihydropyridines is 1. The van der Waals surface area contributed by atoms with Crippen molar-refractivity contribution < 1.29 is 24.0 Å². The van der Waals surface area contributed by atoms with E-state index in [0.29, 0.717) is 17.0 Å². The fraction of sp³-hybridized carbons (Fsp3) is 0.241. The molecule has 1 aliphatic rings. The topological polar surface area (TPSA) is 138 Å². The van der Waals surface area contributed by atoms with Crippen molar-refractivity contribution in [3.8, 4) is 0 Å². The Morgan fingerprint density at radius 2 is 1.85 bits per heavy atom. The number of rotatable bonds is 10. The van der Waals surface area contributed by atoms with Crippen LogP contribution in [0.1, 0.15) is 36.5 Å². The van der Waals surface area contributed by atoms with E-state index >= 15 is 0 Å². The number of ether oxygens (including phenoxy) is 2. The number of nitrogens with zero attached hydrogens (tertiary/aromatic N) is 4. The minimum absolute atomic E-state index is 0.00272. The molecular formula is C29H29N5O6. The van der Waals surface area contributed by atoms with Crippen LogP contribution in [-0.2, 0) is 25.6 Å². The summed E-state index contributed by atoms with van der Waals surface area (Å²) in [4.78, 5) is 45.3. The highest BCUT2D eigenvalue weighted by Crippen LogP contribution is 2.40. The fourth-order valence-corrected chi connectivity index (χ4v) is 4.54. The normalized spacial score (nSPS) is 15.2. The Balaban J connectivity index is 1.45. The highest BCUT2D eigenvalue weighted by atomic mass is 16.6. The van der Waals surface area contributed by atoms with Crippen molar-refractivity contribution in [2.45, 2.75) is 26.3 Å². The molecule has 4 rings (SSSR count). The van der Waals surface area contributed by atoms with E-state index in [2.05, 4.69) is 15.3 Å². The highest BCUT2D eigenvalue weighted by molar-refractivity contribution is 5.99. The first kappa shape index (κ1) is 28.0. The van der Waals surface area contributed by atoms with Crippen LogP contribution in [0.15, 0.2) is 94.8 Å². The molecule has 11 heteroatoms. The molecule has 0 aliphatic carbocycles. The molecule has 11 nitrogen and oxygen atoms in total. The van der Waals surface area contributed by atoms with E-state index in [0.717, 1.165) is 17.7 Å². The van der Waals surface area contributed by atoms with Gasteiger partial charge < -0.3 is 19.4 Å². The van der Waals surface area contributed by atoms with Gasteiger partial charge in [0.05, 0.1) is 42.0 Å². The number of imidazole rings is 1. The number of non-ortho nitro benzene ring substituents is 1. The third-order valence-corrected chi connectivity index (χ3v) is 6.40. The molecule has 0 saturated heterocycles. The van der Waals surface area contributed by atoms with Gasteiger partial charge in [0.25, 0.3) is 5.69 Å². The number of nitrogens with one attached hydrogen (secondary N) is 1. The van der Waals surface area contributed by atoms with E-state index in [4.69, 9.17) is 9.47 Å². The van der Waals surface area contributed by atoms with Gasteiger partial charge in [0.1, 0.15) is 6.61 Å². The highest BCUT2D eigenvalue weighted by Gasteiger charge is 2.38. The van der Waals surface area contributed by atoms with Gasteiger partial charge in [-0.05, 0) is 30.5 Å². The summed E-state index contributed by atoms with van der Waals surface area (Å²) >= 11 is 0. The lowest BCUT2D eigenvalue weighted by Gasteiger charge is -2.30. The first-order chi connectivity index (χ1) is 19.3. The summed E-state index contributed by atoms with van der Waals surface area (Å²) in [6, 6.07) is 13.8. The second-order valence-corrected chi connectivity index (χ2v) is 9.13. The number of aliphatic imine (C=N–C) groups is 1. The zero-order chi connectivity index (χ0) is 28.6. The number of carbonyl (C=O) groups excluding carboxylic acids is 2. The number of esters is 2. The van der Waals surface area contributed by atoms with Crippen LogP contribution in [0.5, 0.6) is 0 Å². The Morgan fingerprint density at radius 1 is 1.12 bits per heavy atom. The molecule has 1 unspecified atom stereocenters. The predicted molar refractivity (Wildman–Crippen MR) is 148 cm³/mol. The van der Waals surface area contributed by atoms with E-state index in [1.807, 2.05) is 35.0 Å². The third-order valence-electron chi connectivity index (χ3n) is 6.40. The zero-order valence-corrected chi connectivity index (χ0v) is 22.4. The largest absolute Gasteiger partial charge is 0.466 e. The Labute approximate surface area is 231 Å². The number of nitro benzene ring substituents is 1. The molecule has 1 aliphatic heterocycles. The van der Waals surface area contributed by atoms with Crippen LogP contribution in [0, 0.1) is 10.1 Å². The van der Waals surface area contributed by atoms with Gasteiger partial charge >= 0.3 is 11.9 Å². The van der Waals surface area contributed by atoms with Gasteiger partial charge in [0, 0.05) is 48.7 Å². The molecule has 0 fully saturated rings. The van der Waals surface area contributed by atoms with Crippen LogP contribution in [0.25, 0.3) is 0 Å². The molecule has 1 aromatic heterocycles. The number of benzene rings is 2. The number of carbonyl (C=O) groups is 2. The van der Waals surface area contributed by atoms with Crippen molar-refractivity contribution in [3.63, 3.8) is 0 Å². The van der Waals surface area contributed by atoms with Gasteiger partial charge in [-0.2, -0.15) is 0 Å². The van der Waals surface area contributed by atoms with Crippen LogP contribution in [-0.4, -0.2) is 52.9 Å². The quantitative estimate of drug-likeness (QED) is 0.134. The Morgan fingerprint density at radius 3 is 2.50 bits per heavy atom. The molecule has 206 valence electrons. The molecule has 0 amide bonds. The average Bonchev–Trinajstić information content (AvgIpc) is 3.46. The predicted octanol–water partition coefficient (Wildman–Crippen LogP) is 3.91. The van der Waals surface area contributed by atoms with Gasteiger partial charge in [-0.15, -0.1) is 0 Å². The van der Waals surface area contributed by atoms with Crippen molar-refractivity contribution in [2.75, 3.05) is 20.3 Å². The Hall–Kier alpha value is -5.06. The number of nitro groups is 1. The summed E-state index contributed by atoms with van der Waals surface area (Å²) in [5, 5.41) is 14.4. The molecule has 0 spiro atoms. The van der Waals surface area contributed by atoms with Crippen LogP contribution in [0.3, 0.4) is 0 Å². The number of hydrogen-bond acceptors (Lipinski definition) is 9. The van der Waals surface area contributed by atoms with Gasteiger partial charge in [0.15, 0.2) is 0 Å². The van der Waals surface area contributed by atoms with E-state index in [1.54, 1.807) is 38.7 Å². The minimum Gasteiger partial charge on any atom is -0.466 e. The lowest BCUT2D eigenvalue weighted by molar-refractivity contribution is -0.384. The first-order valence-corrected chi connectivity index (χ1v) is 12.5. The van der Waals surface area contributed by atoms with E-state index in [-0.39, 0.29) is 30.0 Å². The third kappa shape index (κ3) is 6.49. The van der Waals surface area contributed by atoms with Crippen molar-refractivity contribution in [1.82, 2.24) is 14.9 Å².